The van der Waals surface area contributed by atoms with Crippen molar-refractivity contribution >= 4 is 11.8 Å². The van der Waals surface area contributed by atoms with Crippen LogP contribution in [0.2, 0.25) is 0 Å². The molecule has 0 aromatic rings. The van der Waals surface area contributed by atoms with Crippen LogP contribution in [0.4, 0.5) is 0 Å². The van der Waals surface area contributed by atoms with Gasteiger partial charge in [-0.05, 0) is 31.1 Å². The summed E-state index contributed by atoms with van der Waals surface area (Å²) in [4.78, 5) is 0. The van der Waals surface area contributed by atoms with Crippen LogP contribution in [-0.2, 0) is 4.74 Å². The van der Waals surface area contributed by atoms with Gasteiger partial charge in [-0.25, -0.2) is 0 Å². The van der Waals surface area contributed by atoms with Crippen molar-refractivity contribution in [3.8, 4) is 0 Å². The number of hydrogen-bond acceptors (Lipinski definition) is 3. The number of hydrogen-bond donors (Lipinski definition) is 1. The minimum atomic E-state index is 0.604. The quantitative estimate of drug-likeness (QED) is 0.755. The van der Waals surface area contributed by atoms with Gasteiger partial charge in [-0.2, -0.15) is 11.8 Å². The maximum atomic E-state index is 5.17. The largest absolute Gasteiger partial charge is 0.385 e. The third-order valence-corrected chi connectivity index (χ3v) is 5.11. The second kappa shape index (κ2) is 5.07. The van der Waals surface area contributed by atoms with Gasteiger partial charge < -0.3 is 10.1 Å². The van der Waals surface area contributed by atoms with Crippen LogP contribution in [0.3, 0.4) is 0 Å². The first-order chi connectivity index (χ1) is 7.24. The molecule has 0 radical (unpaired) electrons. The van der Waals surface area contributed by atoms with E-state index in [1.165, 1.54) is 38.0 Å². The Balaban J connectivity index is 1.64. The zero-order valence-electron chi connectivity index (χ0n) is 9.92. The average Bonchev–Trinajstić information content (AvgIpc) is 2.89. The van der Waals surface area contributed by atoms with Crippen LogP contribution in [0.5, 0.6) is 0 Å². The van der Waals surface area contributed by atoms with Crippen LogP contribution < -0.4 is 5.32 Å². The first-order valence-corrected chi connectivity index (χ1v) is 7.13. The third kappa shape index (κ3) is 3.36. The van der Waals surface area contributed by atoms with Crippen LogP contribution in [0.15, 0.2) is 0 Å². The van der Waals surface area contributed by atoms with Gasteiger partial charge in [0.2, 0.25) is 0 Å². The van der Waals surface area contributed by atoms with Crippen molar-refractivity contribution in [1.82, 2.24) is 5.32 Å². The fourth-order valence-corrected chi connectivity index (χ4v) is 3.51. The molecule has 2 atom stereocenters. The lowest BCUT2D eigenvalue weighted by Gasteiger charge is -2.19. The lowest BCUT2D eigenvalue weighted by molar-refractivity contribution is 0.170. The highest BCUT2D eigenvalue weighted by Crippen LogP contribution is 2.48. The Labute approximate surface area is 97.5 Å². The second-order valence-electron chi connectivity index (χ2n) is 5.20. The van der Waals surface area contributed by atoms with Gasteiger partial charge in [-0.15, -0.1) is 0 Å². The van der Waals surface area contributed by atoms with E-state index in [1.54, 1.807) is 7.11 Å². The van der Waals surface area contributed by atoms with Crippen LogP contribution >= 0.6 is 11.8 Å². The molecule has 2 fully saturated rings. The molecule has 1 saturated carbocycles. The van der Waals surface area contributed by atoms with Crippen molar-refractivity contribution < 1.29 is 4.74 Å². The van der Waals surface area contributed by atoms with Crippen molar-refractivity contribution in [2.75, 3.05) is 26.0 Å². The smallest absolute Gasteiger partial charge is 0.0468 e. The molecule has 0 amide bonds. The van der Waals surface area contributed by atoms with Gasteiger partial charge in [0.1, 0.15) is 0 Å². The maximum absolute atomic E-state index is 5.17. The van der Waals surface area contributed by atoms with Crippen LogP contribution in [-0.4, -0.2) is 37.3 Å². The molecule has 0 spiro atoms. The maximum Gasteiger partial charge on any atom is 0.0468 e. The van der Waals surface area contributed by atoms with Crippen molar-refractivity contribution in [2.24, 2.45) is 5.41 Å². The van der Waals surface area contributed by atoms with Gasteiger partial charge in [0, 0.05) is 37.3 Å². The lowest BCUT2D eigenvalue weighted by atomic mass is 10.0. The Kier molecular flexibility index (Phi) is 3.97. The number of thioether (sulfide) groups is 1. The summed E-state index contributed by atoms with van der Waals surface area (Å²) in [6, 6.07) is 0.769. The van der Waals surface area contributed by atoms with Crippen LogP contribution in [0.25, 0.3) is 0 Å². The van der Waals surface area contributed by atoms with E-state index in [0.29, 0.717) is 5.41 Å². The van der Waals surface area contributed by atoms with E-state index in [4.69, 9.17) is 4.74 Å². The van der Waals surface area contributed by atoms with E-state index in [1.807, 2.05) is 0 Å². The number of rotatable bonds is 6. The van der Waals surface area contributed by atoms with Gasteiger partial charge in [-0.3, -0.25) is 0 Å². The Morgan fingerprint density at radius 2 is 2.27 bits per heavy atom. The van der Waals surface area contributed by atoms with Crippen molar-refractivity contribution in [1.29, 1.82) is 0 Å². The van der Waals surface area contributed by atoms with Crippen molar-refractivity contribution in [3.05, 3.63) is 0 Å². The van der Waals surface area contributed by atoms with E-state index in [2.05, 4.69) is 24.0 Å². The molecule has 1 aliphatic carbocycles. The summed E-state index contributed by atoms with van der Waals surface area (Å²) >= 11 is 2.11. The molecule has 88 valence electrons. The summed E-state index contributed by atoms with van der Waals surface area (Å²) in [5.74, 6) is 1.31. The second-order valence-corrected chi connectivity index (χ2v) is 6.67. The Hall–Kier alpha value is 0.270. The molecule has 2 nitrogen and oxygen atoms in total. The highest BCUT2D eigenvalue weighted by Gasteiger charge is 2.42. The fraction of sp³-hybridized carbons (Fsp3) is 1.00. The van der Waals surface area contributed by atoms with Crippen molar-refractivity contribution in [2.45, 2.75) is 43.9 Å². The van der Waals surface area contributed by atoms with E-state index in [-0.39, 0.29) is 0 Å². The topological polar surface area (TPSA) is 21.3 Å². The molecule has 1 N–H and O–H groups in total. The molecule has 2 unspecified atom stereocenters. The van der Waals surface area contributed by atoms with E-state index in [0.717, 1.165) is 17.9 Å². The minimum absolute atomic E-state index is 0.604. The molecule has 3 heteroatoms. The number of methoxy groups -OCH3 is 1. The first kappa shape index (κ1) is 11.7. The van der Waals surface area contributed by atoms with Gasteiger partial charge in [0.05, 0.1) is 0 Å². The Morgan fingerprint density at radius 1 is 1.47 bits per heavy atom. The normalized spacial score (nSPS) is 33.2. The molecule has 1 heterocycles. The molecule has 15 heavy (non-hydrogen) atoms. The minimum Gasteiger partial charge on any atom is -0.385 e. The highest BCUT2D eigenvalue weighted by atomic mass is 32.2. The summed E-state index contributed by atoms with van der Waals surface area (Å²) in [5, 5.41) is 4.61. The molecule has 2 aliphatic rings. The first-order valence-electron chi connectivity index (χ1n) is 6.08. The molecule has 2 rings (SSSR count). The zero-order chi connectivity index (χ0) is 10.7. The third-order valence-electron chi connectivity index (χ3n) is 3.76. The SMILES string of the molecule is COCCC1(CNC2CSC(C)C2)CC1. The van der Waals surface area contributed by atoms with Gasteiger partial charge >= 0.3 is 0 Å². The van der Waals surface area contributed by atoms with Crippen LogP contribution in [0, 0.1) is 5.41 Å². The van der Waals surface area contributed by atoms with Gasteiger partial charge in [-0.1, -0.05) is 6.92 Å². The Bertz CT molecular complexity index is 206. The van der Waals surface area contributed by atoms with Gasteiger partial charge in [0.25, 0.3) is 0 Å². The Morgan fingerprint density at radius 3 is 2.80 bits per heavy atom. The molecular weight excluding hydrogens is 206 g/mol. The summed E-state index contributed by atoms with van der Waals surface area (Å²) in [5.41, 5.74) is 0.604. The van der Waals surface area contributed by atoms with E-state index < -0.39 is 0 Å². The molecule has 1 saturated heterocycles. The number of ether oxygens (including phenoxy) is 1. The molecule has 0 aromatic heterocycles. The molecule has 0 bridgehead atoms. The zero-order valence-corrected chi connectivity index (χ0v) is 10.7. The summed E-state index contributed by atoms with van der Waals surface area (Å²) in [6.07, 6.45) is 5.40. The predicted molar refractivity (Wildman–Crippen MR) is 66.5 cm³/mol. The molecule has 0 aromatic carbocycles. The van der Waals surface area contributed by atoms with Crippen LogP contribution in [0.1, 0.15) is 32.6 Å². The fourth-order valence-electron chi connectivity index (χ4n) is 2.33. The standard InChI is InChI=1S/C12H23NOS/c1-10-7-11(8-15-10)13-9-12(3-4-12)5-6-14-2/h10-11,13H,3-9H2,1-2H3. The summed E-state index contributed by atoms with van der Waals surface area (Å²) < 4.78 is 5.17. The number of nitrogens with one attached hydrogen (secondary N) is 1. The predicted octanol–water partition coefficient (Wildman–Crippen LogP) is 2.29. The summed E-state index contributed by atoms with van der Waals surface area (Å²) in [7, 11) is 1.80. The molecular formula is C12H23NOS. The van der Waals surface area contributed by atoms with E-state index in [9.17, 15) is 0 Å². The van der Waals surface area contributed by atoms with Gasteiger partial charge in [0.15, 0.2) is 0 Å². The monoisotopic (exact) mass is 229 g/mol. The van der Waals surface area contributed by atoms with Crippen molar-refractivity contribution in [3.63, 3.8) is 0 Å². The highest BCUT2D eigenvalue weighted by molar-refractivity contribution is 8.00. The van der Waals surface area contributed by atoms with E-state index >= 15 is 0 Å². The average molecular weight is 229 g/mol. The lowest BCUT2D eigenvalue weighted by Crippen LogP contribution is -2.34. The molecule has 1 aliphatic heterocycles. The summed E-state index contributed by atoms with van der Waals surface area (Å²) in [6.45, 7) is 4.48.